The van der Waals surface area contributed by atoms with E-state index in [0.29, 0.717) is 0 Å². The monoisotopic (exact) mass is 287 g/mol. The molecule has 4 nitrogen and oxygen atoms in total. The SMILES string of the molecule is CN1C(=O)NC[C@]12CC[C@](c1ccccc1)(N(C)C)CC2. The second kappa shape index (κ2) is 5.02. The van der Waals surface area contributed by atoms with Gasteiger partial charge in [-0.05, 0) is 45.3 Å². The van der Waals surface area contributed by atoms with E-state index in [9.17, 15) is 4.79 Å². The highest BCUT2D eigenvalue weighted by Crippen LogP contribution is 2.47. The number of amides is 2. The van der Waals surface area contributed by atoms with Gasteiger partial charge in [-0.2, -0.15) is 0 Å². The molecule has 1 saturated carbocycles. The molecule has 2 fully saturated rings. The predicted molar refractivity (Wildman–Crippen MR) is 84.2 cm³/mol. The van der Waals surface area contributed by atoms with Crippen molar-refractivity contribution in [2.24, 2.45) is 0 Å². The molecule has 1 spiro atoms. The average molecular weight is 287 g/mol. The third kappa shape index (κ3) is 2.13. The molecular weight excluding hydrogens is 262 g/mol. The van der Waals surface area contributed by atoms with Crippen molar-refractivity contribution in [1.82, 2.24) is 15.1 Å². The van der Waals surface area contributed by atoms with Crippen molar-refractivity contribution in [2.45, 2.75) is 36.8 Å². The molecule has 4 heteroatoms. The van der Waals surface area contributed by atoms with Gasteiger partial charge in [-0.1, -0.05) is 30.3 Å². The summed E-state index contributed by atoms with van der Waals surface area (Å²) in [4.78, 5) is 16.1. The number of hydrogen-bond acceptors (Lipinski definition) is 2. The molecule has 0 atom stereocenters. The van der Waals surface area contributed by atoms with Crippen LogP contribution in [-0.4, -0.2) is 49.1 Å². The maximum atomic E-state index is 11.8. The molecule has 114 valence electrons. The van der Waals surface area contributed by atoms with Crippen LogP contribution in [0.4, 0.5) is 4.79 Å². The van der Waals surface area contributed by atoms with E-state index in [1.807, 2.05) is 11.9 Å². The largest absolute Gasteiger partial charge is 0.336 e. The fraction of sp³-hybridized carbons (Fsp3) is 0.588. The van der Waals surface area contributed by atoms with Gasteiger partial charge in [-0.15, -0.1) is 0 Å². The Hall–Kier alpha value is -1.55. The van der Waals surface area contributed by atoms with Crippen LogP contribution in [0, 0.1) is 0 Å². The molecule has 0 radical (unpaired) electrons. The highest BCUT2D eigenvalue weighted by Gasteiger charge is 2.50. The molecule has 1 aliphatic heterocycles. The third-order valence-corrected chi connectivity index (χ3v) is 5.76. The molecule has 1 aliphatic carbocycles. The summed E-state index contributed by atoms with van der Waals surface area (Å²) in [5.41, 5.74) is 1.51. The van der Waals surface area contributed by atoms with Crippen molar-refractivity contribution >= 4 is 6.03 Å². The molecule has 0 bridgehead atoms. The lowest BCUT2D eigenvalue weighted by Gasteiger charge is -2.50. The van der Waals surface area contributed by atoms with E-state index >= 15 is 0 Å². The molecule has 21 heavy (non-hydrogen) atoms. The van der Waals surface area contributed by atoms with Crippen LogP contribution in [0.3, 0.4) is 0 Å². The number of likely N-dealkylation sites (N-methyl/N-ethyl adjacent to an activating group) is 1. The number of benzene rings is 1. The smallest absolute Gasteiger partial charge is 0.317 e. The highest BCUT2D eigenvalue weighted by atomic mass is 16.2. The highest BCUT2D eigenvalue weighted by molar-refractivity contribution is 5.77. The molecule has 2 aliphatic rings. The van der Waals surface area contributed by atoms with Gasteiger partial charge in [0.15, 0.2) is 0 Å². The number of carbonyl (C=O) groups is 1. The molecule has 1 heterocycles. The molecular formula is C17H25N3O. The van der Waals surface area contributed by atoms with Crippen molar-refractivity contribution in [3.05, 3.63) is 35.9 Å². The Kier molecular flexibility index (Phi) is 3.44. The standard InChI is InChI=1S/C17H25N3O/c1-19(2)17(14-7-5-4-6-8-14)11-9-16(10-12-17)13-18-15(21)20(16)3/h4-8H,9-13H2,1-3H3,(H,18,21)/t16-,17+. The van der Waals surface area contributed by atoms with Crippen molar-refractivity contribution < 1.29 is 4.79 Å². The zero-order valence-electron chi connectivity index (χ0n) is 13.2. The third-order valence-electron chi connectivity index (χ3n) is 5.76. The van der Waals surface area contributed by atoms with Gasteiger partial charge in [0.25, 0.3) is 0 Å². The van der Waals surface area contributed by atoms with Gasteiger partial charge in [0.1, 0.15) is 0 Å². The first kappa shape index (κ1) is 14.4. The Labute approximate surface area is 127 Å². The van der Waals surface area contributed by atoms with Crippen molar-refractivity contribution in [2.75, 3.05) is 27.7 Å². The predicted octanol–water partition coefficient (Wildman–Crippen LogP) is 2.41. The van der Waals surface area contributed by atoms with Gasteiger partial charge in [0, 0.05) is 19.1 Å². The molecule has 1 N–H and O–H groups in total. The molecule has 1 aromatic rings. The molecule has 1 saturated heterocycles. The Morgan fingerprint density at radius 2 is 1.71 bits per heavy atom. The van der Waals surface area contributed by atoms with Crippen LogP contribution in [0.5, 0.6) is 0 Å². The molecule has 1 aromatic carbocycles. The number of nitrogens with zero attached hydrogens (tertiary/aromatic N) is 2. The minimum absolute atomic E-state index is 0.0192. The number of rotatable bonds is 2. The molecule has 3 rings (SSSR count). The van der Waals surface area contributed by atoms with Crippen molar-refractivity contribution in [1.29, 1.82) is 0 Å². The van der Waals surface area contributed by atoms with Gasteiger partial charge >= 0.3 is 6.03 Å². The van der Waals surface area contributed by atoms with E-state index in [4.69, 9.17) is 0 Å². The summed E-state index contributed by atoms with van der Waals surface area (Å²) < 4.78 is 0. The maximum Gasteiger partial charge on any atom is 0.317 e. The van der Waals surface area contributed by atoms with Crippen molar-refractivity contribution in [3.63, 3.8) is 0 Å². The first-order valence-corrected chi connectivity index (χ1v) is 7.75. The molecule has 0 unspecified atom stereocenters. The van der Waals surface area contributed by atoms with Gasteiger partial charge in [-0.25, -0.2) is 4.79 Å². The number of nitrogens with one attached hydrogen (secondary N) is 1. The van der Waals surface area contributed by atoms with Crippen LogP contribution in [0.15, 0.2) is 30.3 Å². The second-order valence-electron chi connectivity index (χ2n) is 6.73. The Balaban J connectivity index is 1.86. The zero-order chi connectivity index (χ0) is 15.1. The lowest BCUT2D eigenvalue weighted by atomic mass is 9.68. The summed E-state index contributed by atoms with van der Waals surface area (Å²) in [5.74, 6) is 0. The summed E-state index contributed by atoms with van der Waals surface area (Å²) in [6.07, 6.45) is 4.28. The lowest BCUT2D eigenvalue weighted by molar-refractivity contribution is 0.0338. The van der Waals surface area contributed by atoms with Gasteiger partial charge < -0.3 is 10.2 Å². The van der Waals surface area contributed by atoms with Crippen LogP contribution in [-0.2, 0) is 5.54 Å². The zero-order valence-corrected chi connectivity index (χ0v) is 13.2. The minimum Gasteiger partial charge on any atom is -0.336 e. The summed E-state index contributed by atoms with van der Waals surface area (Å²) in [6, 6.07) is 10.9. The summed E-state index contributed by atoms with van der Waals surface area (Å²) in [7, 11) is 6.28. The van der Waals surface area contributed by atoms with E-state index in [2.05, 4.69) is 54.6 Å². The molecule has 0 aromatic heterocycles. The van der Waals surface area contributed by atoms with Crippen molar-refractivity contribution in [3.8, 4) is 0 Å². The summed E-state index contributed by atoms with van der Waals surface area (Å²) in [5, 5.41) is 3.00. The first-order valence-electron chi connectivity index (χ1n) is 7.75. The minimum atomic E-state index is 0.0192. The fourth-order valence-corrected chi connectivity index (χ4v) is 4.08. The topological polar surface area (TPSA) is 35.6 Å². The normalized spacial score (nSPS) is 32.8. The van der Waals surface area contributed by atoms with Crippen LogP contribution in [0.25, 0.3) is 0 Å². The van der Waals surface area contributed by atoms with Gasteiger partial charge in [0.2, 0.25) is 0 Å². The Bertz CT molecular complexity index is 518. The molecule has 2 amide bonds. The lowest BCUT2D eigenvalue weighted by Crippen LogP contribution is -2.54. The summed E-state index contributed by atoms with van der Waals surface area (Å²) in [6.45, 7) is 0.792. The van der Waals surface area contributed by atoms with E-state index in [0.717, 1.165) is 32.2 Å². The summed E-state index contributed by atoms with van der Waals surface area (Å²) >= 11 is 0. The van der Waals surface area contributed by atoms with Crippen LogP contribution in [0.2, 0.25) is 0 Å². The van der Waals surface area contributed by atoms with E-state index in [1.165, 1.54) is 5.56 Å². The number of carbonyl (C=O) groups excluding carboxylic acids is 1. The Morgan fingerprint density at radius 3 is 2.19 bits per heavy atom. The van der Waals surface area contributed by atoms with Crippen LogP contribution >= 0.6 is 0 Å². The quantitative estimate of drug-likeness (QED) is 0.906. The first-order chi connectivity index (χ1) is 10.0. The van der Waals surface area contributed by atoms with Crippen LogP contribution < -0.4 is 5.32 Å². The number of urea groups is 1. The van der Waals surface area contributed by atoms with Gasteiger partial charge in [0.05, 0.1) is 5.54 Å². The fourth-order valence-electron chi connectivity index (χ4n) is 4.08. The van der Waals surface area contributed by atoms with Crippen LogP contribution in [0.1, 0.15) is 31.2 Å². The Morgan fingerprint density at radius 1 is 1.10 bits per heavy atom. The van der Waals surface area contributed by atoms with E-state index in [-0.39, 0.29) is 17.1 Å². The average Bonchev–Trinajstić information content (AvgIpc) is 2.78. The van der Waals surface area contributed by atoms with E-state index in [1.54, 1.807) is 0 Å². The maximum absolute atomic E-state index is 11.8. The number of hydrogen-bond donors (Lipinski definition) is 1. The second-order valence-corrected chi connectivity index (χ2v) is 6.73. The van der Waals surface area contributed by atoms with Gasteiger partial charge in [-0.3, -0.25) is 4.90 Å². The van der Waals surface area contributed by atoms with E-state index < -0.39 is 0 Å².